The van der Waals surface area contributed by atoms with Crippen LogP contribution in [0.1, 0.15) is 6.92 Å². The molecule has 1 atom stereocenters. The zero-order valence-electron chi connectivity index (χ0n) is 12.8. The van der Waals surface area contributed by atoms with E-state index < -0.39 is 6.10 Å². The second kappa shape index (κ2) is 6.02. The number of rotatable bonds is 5. The molecule has 9 heteroatoms. The van der Waals surface area contributed by atoms with Crippen molar-refractivity contribution in [1.82, 2.24) is 29.9 Å². The standard InChI is InChI=1S/C15H15N7OS/c1-9(23)7-22-8-11(6-18-22)19-15-20-12-2-3-24-14(12)13(21-15)10-4-16-17-5-10/h2-6,8-9,23H,7H2,1H3,(H,16,17)(H,19,20,21). The number of nitrogens with one attached hydrogen (secondary N) is 2. The molecule has 0 aromatic carbocycles. The SMILES string of the molecule is CC(O)Cn1cc(Nc2nc(-c3cn[nH]c3)c3sccc3n2)cn1. The van der Waals surface area contributed by atoms with Gasteiger partial charge in [-0.15, -0.1) is 11.3 Å². The Morgan fingerprint density at radius 1 is 1.38 bits per heavy atom. The van der Waals surface area contributed by atoms with Gasteiger partial charge in [0.2, 0.25) is 5.95 Å². The fourth-order valence-electron chi connectivity index (χ4n) is 2.42. The highest BCUT2D eigenvalue weighted by atomic mass is 32.1. The third-order valence-corrected chi connectivity index (χ3v) is 4.33. The van der Waals surface area contributed by atoms with Crippen LogP contribution in [0.2, 0.25) is 0 Å². The normalized spacial score (nSPS) is 12.6. The second-order valence-corrected chi connectivity index (χ2v) is 6.36. The number of aliphatic hydroxyl groups excluding tert-OH is 1. The average Bonchev–Trinajstić information content (AvgIpc) is 3.26. The van der Waals surface area contributed by atoms with E-state index in [2.05, 4.69) is 30.6 Å². The largest absolute Gasteiger partial charge is 0.391 e. The molecule has 4 aromatic heterocycles. The van der Waals surface area contributed by atoms with E-state index >= 15 is 0 Å². The first-order valence-corrected chi connectivity index (χ1v) is 8.29. The van der Waals surface area contributed by atoms with Crippen molar-refractivity contribution < 1.29 is 5.11 Å². The summed E-state index contributed by atoms with van der Waals surface area (Å²) in [5.41, 5.74) is 3.40. The molecular formula is C15H15N7OS. The van der Waals surface area contributed by atoms with Crippen molar-refractivity contribution in [3.8, 4) is 11.3 Å². The van der Waals surface area contributed by atoms with E-state index in [1.807, 2.05) is 23.8 Å². The van der Waals surface area contributed by atoms with Crippen LogP contribution in [-0.4, -0.2) is 41.2 Å². The molecule has 0 saturated heterocycles. The topological polar surface area (TPSA) is 105 Å². The van der Waals surface area contributed by atoms with Crippen molar-refractivity contribution >= 4 is 33.2 Å². The molecule has 0 radical (unpaired) electrons. The molecule has 0 aliphatic carbocycles. The monoisotopic (exact) mass is 341 g/mol. The third-order valence-electron chi connectivity index (χ3n) is 3.42. The molecule has 0 fully saturated rings. The van der Waals surface area contributed by atoms with Crippen LogP contribution < -0.4 is 5.32 Å². The van der Waals surface area contributed by atoms with Crippen LogP contribution in [0.5, 0.6) is 0 Å². The zero-order valence-corrected chi connectivity index (χ0v) is 13.7. The van der Waals surface area contributed by atoms with Gasteiger partial charge in [-0.2, -0.15) is 10.2 Å². The van der Waals surface area contributed by atoms with Gasteiger partial charge in [-0.3, -0.25) is 9.78 Å². The van der Waals surface area contributed by atoms with Gasteiger partial charge in [-0.1, -0.05) is 0 Å². The van der Waals surface area contributed by atoms with Gasteiger partial charge >= 0.3 is 0 Å². The maximum Gasteiger partial charge on any atom is 0.228 e. The van der Waals surface area contributed by atoms with E-state index in [0.717, 1.165) is 27.2 Å². The number of fused-ring (bicyclic) bond motifs is 1. The summed E-state index contributed by atoms with van der Waals surface area (Å²) in [5.74, 6) is 0.494. The molecular weight excluding hydrogens is 326 g/mol. The van der Waals surface area contributed by atoms with Crippen LogP contribution in [0.25, 0.3) is 21.5 Å². The van der Waals surface area contributed by atoms with Crippen molar-refractivity contribution in [3.05, 3.63) is 36.2 Å². The van der Waals surface area contributed by atoms with Gasteiger partial charge in [0.05, 0.1) is 46.6 Å². The Bertz CT molecular complexity index is 957. The Balaban J connectivity index is 1.68. The van der Waals surface area contributed by atoms with Crippen molar-refractivity contribution in [2.24, 2.45) is 0 Å². The molecule has 3 N–H and O–H groups in total. The zero-order chi connectivity index (χ0) is 16.5. The van der Waals surface area contributed by atoms with Crippen LogP contribution in [0.4, 0.5) is 11.6 Å². The molecule has 0 bridgehead atoms. The number of aromatic nitrogens is 6. The van der Waals surface area contributed by atoms with Crippen molar-refractivity contribution in [2.75, 3.05) is 5.32 Å². The molecule has 122 valence electrons. The molecule has 24 heavy (non-hydrogen) atoms. The van der Waals surface area contributed by atoms with Gasteiger partial charge in [0.1, 0.15) is 0 Å². The number of aromatic amines is 1. The van der Waals surface area contributed by atoms with E-state index in [0.29, 0.717) is 12.5 Å². The van der Waals surface area contributed by atoms with E-state index in [9.17, 15) is 5.11 Å². The van der Waals surface area contributed by atoms with Gasteiger partial charge in [0, 0.05) is 18.0 Å². The van der Waals surface area contributed by atoms with Crippen LogP contribution in [-0.2, 0) is 6.54 Å². The molecule has 1 unspecified atom stereocenters. The summed E-state index contributed by atoms with van der Waals surface area (Å²) in [6.07, 6.45) is 6.59. The summed E-state index contributed by atoms with van der Waals surface area (Å²) in [5, 5.41) is 25.6. The number of hydrogen-bond donors (Lipinski definition) is 3. The number of aliphatic hydroxyl groups is 1. The quantitative estimate of drug-likeness (QED) is 0.515. The summed E-state index contributed by atoms with van der Waals surface area (Å²) in [6, 6.07) is 1.97. The lowest BCUT2D eigenvalue weighted by Gasteiger charge is -2.06. The average molecular weight is 341 g/mol. The lowest BCUT2D eigenvalue weighted by atomic mass is 10.2. The molecule has 0 aliphatic heterocycles. The van der Waals surface area contributed by atoms with E-state index in [4.69, 9.17) is 0 Å². The first kappa shape index (κ1) is 14.8. The van der Waals surface area contributed by atoms with Crippen LogP contribution in [0.15, 0.2) is 36.2 Å². The Labute approximate surface area is 141 Å². The predicted molar refractivity (Wildman–Crippen MR) is 92.2 cm³/mol. The minimum atomic E-state index is -0.455. The highest BCUT2D eigenvalue weighted by Gasteiger charge is 2.12. The molecule has 0 saturated carbocycles. The lowest BCUT2D eigenvalue weighted by Crippen LogP contribution is -2.11. The van der Waals surface area contributed by atoms with Gasteiger partial charge in [-0.25, -0.2) is 9.97 Å². The van der Waals surface area contributed by atoms with Gasteiger partial charge in [-0.05, 0) is 18.4 Å². The van der Waals surface area contributed by atoms with Crippen LogP contribution in [0, 0.1) is 0 Å². The summed E-state index contributed by atoms with van der Waals surface area (Å²) in [4.78, 5) is 9.17. The fourth-order valence-corrected chi connectivity index (χ4v) is 3.27. The molecule has 0 aliphatic rings. The van der Waals surface area contributed by atoms with Crippen molar-refractivity contribution in [1.29, 1.82) is 0 Å². The maximum absolute atomic E-state index is 9.43. The molecule has 4 rings (SSSR count). The van der Waals surface area contributed by atoms with Crippen molar-refractivity contribution in [2.45, 2.75) is 19.6 Å². The molecule has 0 spiro atoms. The van der Waals surface area contributed by atoms with E-state index in [1.165, 1.54) is 0 Å². The fraction of sp³-hybridized carbons (Fsp3) is 0.200. The first-order valence-electron chi connectivity index (χ1n) is 7.41. The smallest absolute Gasteiger partial charge is 0.228 e. The Morgan fingerprint density at radius 3 is 3.08 bits per heavy atom. The first-order chi connectivity index (χ1) is 11.7. The lowest BCUT2D eigenvalue weighted by molar-refractivity contribution is 0.168. The Morgan fingerprint density at radius 2 is 2.29 bits per heavy atom. The summed E-state index contributed by atoms with van der Waals surface area (Å²) in [7, 11) is 0. The molecule has 8 nitrogen and oxygen atoms in total. The number of hydrogen-bond acceptors (Lipinski definition) is 7. The molecule has 4 aromatic rings. The summed E-state index contributed by atoms with van der Waals surface area (Å²) >= 11 is 1.60. The summed E-state index contributed by atoms with van der Waals surface area (Å²) < 4.78 is 2.69. The minimum Gasteiger partial charge on any atom is -0.391 e. The maximum atomic E-state index is 9.43. The van der Waals surface area contributed by atoms with Gasteiger partial charge in [0.15, 0.2) is 0 Å². The van der Waals surface area contributed by atoms with E-state index in [1.54, 1.807) is 35.3 Å². The Kier molecular flexibility index (Phi) is 3.71. The summed E-state index contributed by atoms with van der Waals surface area (Å²) in [6.45, 7) is 2.16. The number of thiophene rings is 1. The van der Waals surface area contributed by atoms with Crippen LogP contribution >= 0.6 is 11.3 Å². The van der Waals surface area contributed by atoms with Crippen LogP contribution in [0.3, 0.4) is 0 Å². The Hall–Kier alpha value is -2.78. The minimum absolute atomic E-state index is 0.437. The number of anilines is 2. The predicted octanol–water partition coefficient (Wildman–Crippen LogP) is 2.40. The van der Waals surface area contributed by atoms with Gasteiger partial charge in [0.25, 0.3) is 0 Å². The highest BCUT2D eigenvalue weighted by Crippen LogP contribution is 2.31. The second-order valence-electron chi connectivity index (χ2n) is 5.44. The van der Waals surface area contributed by atoms with Gasteiger partial charge < -0.3 is 10.4 Å². The van der Waals surface area contributed by atoms with Crippen molar-refractivity contribution in [3.63, 3.8) is 0 Å². The van der Waals surface area contributed by atoms with E-state index in [-0.39, 0.29) is 0 Å². The third kappa shape index (κ3) is 2.86. The highest BCUT2D eigenvalue weighted by molar-refractivity contribution is 7.17. The molecule has 0 amide bonds. The number of H-pyrrole nitrogens is 1. The number of nitrogens with zero attached hydrogens (tertiary/aromatic N) is 5. The molecule has 4 heterocycles.